The molecule has 6 atom stereocenters. The number of aliphatic carboxylic acids is 1. The topological polar surface area (TPSA) is 128 Å². The number of carbonyl (C=O) groups excluding carboxylic acids is 1. The van der Waals surface area contributed by atoms with E-state index in [0.717, 1.165) is 25.7 Å². The molecule has 0 aromatic carbocycles. The van der Waals surface area contributed by atoms with E-state index in [4.69, 9.17) is 20.7 Å². The summed E-state index contributed by atoms with van der Waals surface area (Å²) in [5, 5.41) is 16.6. The van der Waals surface area contributed by atoms with Crippen molar-refractivity contribution in [3.05, 3.63) is 24.3 Å². The first-order chi connectivity index (χ1) is 16.4. The average molecular weight is 484 g/mol. The lowest BCUT2D eigenvalue weighted by molar-refractivity contribution is -0.142. The Bertz CT molecular complexity index is 627. The molecule has 0 aromatic rings. The number of carboxylic acids is 1. The van der Waals surface area contributed by atoms with Crippen molar-refractivity contribution in [3.8, 4) is 0 Å². The fourth-order valence-corrected chi connectivity index (χ4v) is 5.00. The predicted molar refractivity (Wildman–Crippen MR) is 131 cm³/mol. The van der Waals surface area contributed by atoms with Gasteiger partial charge in [0.15, 0.2) is 0 Å². The van der Waals surface area contributed by atoms with Crippen LogP contribution in [0.3, 0.4) is 0 Å². The average Bonchev–Trinajstić information content (AvgIpc) is 3.63. The SMILES string of the molecule is COCCCC(=O)C1CC2C=CC1C2.COCCN.COCCO.O=C(O)C1CC2C=CC1C2. The van der Waals surface area contributed by atoms with Gasteiger partial charge in [-0.25, -0.2) is 0 Å². The lowest BCUT2D eigenvalue weighted by Crippen LogP contribution is -2.19. The monoisotopic (exact) mass is 483 g/mol. The molecule has 8 nitrogen and oxygen atoms in total. The molecule has 0 aromatic heterocycles. The van der Waals surface area contributed by atoms with Crippen molar-refractivity contribution in [2.75, 3.05) is 54.3 Å². The maximum atomic E-state index is 11.8. The zero-order chi connectivity index (χ0) is 25.3. The summed E-state index contributed by atoms with van der Waals surface area (Å²) in [5.74, 6) is 2.30. The Kier molecular flexibility index (Phi) is 15.9. The molecule has 6 unspecified atom stereocenters. The number of Topliss-reactive ketones (excluding diaryl/α,β-unsaturated/α-hetero) is 1. The minimum atomic E-state index is -0.614. The van der Waals surface area contributed by atoms with E-state index in [9.17, 15) is 9.59 Å². The van der Waals surface area contributed by atoms with Crippen molar-refractivity contribution in [3.63, 3.8) is 0 Å². The summed E-state index contributed by atoms with van der Waals surface area (Å²) in [4.78, 5) is 22.4. The first-order valence-electron chi connectivity index (χ1n) is 12.3. The highest BCUT2D eigenvalue weighted by Crippen LogP contribution is 2.44. The molecule has 4 bridgehead atoms. The number of rotatable bonds is 10. The molecular weight excluding hydrogens is 438 g/mol. The van der Waals surface area contributed by atoms with Gasteiger partial charge in [0.25, 0.3) is 0 Å². The van der Waals surface area contributed by atoms with Crippen LogP contribution in [0.25, 0.3) is 0 Å². The Morgan fingerprint density at radius 2 is 1.35 bits per heavy atom. The van der Waals surface area contributed by atoms with Gasteiger partial charge in [-0.1, -0.05) is 24.3 Å². The summed E-state index contributed by atoms with van der Waals surface area (Å²) in [7, 11) is 4.87. The van der Waals surface area contributed by atoms with Crippen molar-refractivity contribution in [2.45, 2.75) is 38.5 Å². The van der Waals surface area contributed by atoms with Gasteiger partial charge in [0.1, 0.15) is 5.78 Å². The van der Waals surface area contributed by atoms with Crippen LogP contribution in [0.1, 0.15) is 38.5 Å². The number of methoxy groups -OCH3 is 3. The van der Waals surface area contributed by atoms with E-state index in [-0.39, 0.29) is 12.5 Å². The normalized spacial score (nSPS) is 29.0. The molecule has 0 heterocycles. The zero-order valence-corrected chi connectivity index (χ0v) is 21.1. The van der Waals surface area contributed by atoms with Crippen LogP contribution in [0, 0.1) is 35.5 Å². The fraction of sp³-hybridized carbons (Fsp3) is 0.769. The van der Waals surface area contributed by atoms with Crippen LogP contribution >= 0.6 is 0 Å². The zero-order valence-electron chi connectivity index (χ0n) is 21.1. The Labute approximate surface area is 204 Å². The molecule has 196 valence electrons. The smallest absolute Gasteiger partial charge is 0.307 e. The van der Waals surface area contributed by atoms with Crippen molar-refractivity contribution in [2.24, 2.45) is 41.2 Å². The quantitative estimate of drug-likeness (QED) is 0.320. The number of aliphatic hydroxyl groups excluding tert-OH is 1. The Morgan fingerprint density at radius 3 is 1.62 bits per heavy atom. The number of aliphatic hydroxyl groups is 1. The van der Waals surface area contributed by atoms with Crippen LogP contribution in [-0.2, 0) is 23.8 Å². The number of ether oxygens (including phenoxy) is 3. The lowest BCUT2D eigenvalue weighted by atomic mass is 9.88. The summed E-state index contributed by atoms with van der Waals surface area (Å²) >= 11 is 0. The molecule has 0 amide bonds. The van der Waals surface area contributed by atoms with Crippen LogP contribution in [0.5, 0.6) is 0 Å². The third-order valence-corrected chi connectivity index (χ3v) is 6.68. The Balaban J connectivity index is 0.000000252. The second-order valence-corrected chi connectivity index (χ2v) is 9.17. The highest BCUT2D eigenvalue weighted by atomic mass is 16.5. The summed E-state index contributed by atoms with van der Waals surface area (Å²) in [5.41, 5.74) is 5.01. The number of hydrogen-bond acceptors (Lipinski definition) is 7. The molecule has 0 aliphatic heterocycles. The maximum absolute atomic E-state index is 11.8. The van der Waals surface area contributed by atoms with E-state index in [2.05, 4.69) is 33.8 Å². The molecule has 4 N–H and O–H groups in total. The van der Waals surface area contributed by atoms with Gasteiger partial charge in [0.2, 0.25) is 0 Å². The van der Waals surface area contributed by atoms with Gasteiger partial charge in [0, 0.05) is 46.8 Å². The standard InChI is InChI=1S/C12H18O2.C8H10O2.C3H9NO.C3H8O2/c1-14-6-2-3-12(13)11-8-9-4-5-10(11)7-9;9-8(10)7-4-5-1-2-6(7)3-5;2*1-5-3-2-4/h4-5,9-11H,2-3,6-8H2,1H3;1-2,5-7H,3-4H2,(H,9,10);2-4H2,1H3;4H,2-3H2,1H3. The van der Waals surface area contributed by atoms with Gasteiger partial charge in [-0.15, -0.1) is 0 Å². The van der Waals surface area contributed by atoms with Crippen LogP contribution in [0.15, 0.2) is 24.3 Å². The molecule has 0 radical (unpaired) electrons. The first-order valence-corrected chi connectivity index (χ1v) is 12.3. The second kappa shape index (κ2) is 17.8. The number of carboxylic acid groups (broad SMARTS) is 1. The number of allylic oxidation sites excluding steroid dienone is 4. The minimum Gasteiger partial charge on any atom is -0.481 e. The van der Waals surface area contributed by atoms with Crippen LogP contribution in [-0.4, -0.2) is 76.3 Å². The lowest BCUT2D eigenvalue weighted by Gasteiger charge is -2.16. The molecular formula is C26H45NO7. The molecule has 2 saturated carbocycles. The van der Waals surface area contributed by atoms with Gasteiger partial charge < -0.3 is 30.2 Å². The number of ketones is 1. The summed E-state index contributed by atoms with van der Waals surface area (Å²) in [6, 6.07) is 0. The first kappa shape index (κ1) is 30.5. The van der Waals surface area contributed by atoms with E-state index >= 15 is 0 Å². The number of carbonyl (C=O) groups is 2. The Morgan fingerprint density at radius 1 is 0.824 bits per heavy atom. The van der Waals surface area contributed by atoms with Crippen LogP contribution < -0.4 is 5.73 Å². The number of hydrogen-bond donors (Lipinski definition) is 3. The predicted octanol–water partition coefficient (Wildman–Crippen LogP) is 2.69. The van der Waals surface area contributed by atoms with Crippen LogP contribution in [0.2, 0.25) is 0 Å². The number of nitrogens with two attached hydrogens (primary N) is 1. The van der Waals surface area contributed by atoms with Crippen molar-refractivity contribution in [1.29, 1.82) is 0 Å². The molecule has 34 heavy (non-hydrogen) atoms. The molecule has 2 fully saturated rings. The van der Waals surface area contributed by atoms with Crippen molar-refractivity contribution < 1.29 is 34.0 Å². The van der Waals surface area contributed by atoms with Gasteiger partial charge in [-0.3, -0.25) is 9.59 Å². The van der Waals surface area contributed by atoms with E-state index in [1.807, 2.05) is 0 Å². The second-order valence-electron chi connectivity index (χ2n) is 9.17. The highest BCUT2D eigenvalue weighted by molar-refractivity contribution is 5.82. The van der Waals surface area contributed by atoms with Gasteiger partial charge >= 0.3 is 5.97 Å². The van der Waals surface area contributed by atoms with E-state index in [1.54, 1.807) is 21.3 Å². The van der Waals surface area contributed by atoms with Gasteiger partial charge in [-0.2, -0.15) is 0 Å². The number of fused-ring (bicyclic) bond motifs is 4. The molecule has 0 spiro atoms. The fourth-order valence-electron chi connectivity index (χ4n) is 5.00. The minimum absolute atomic E-state index is 0.0741. The van der Waals surface area contributed by atoms with Gasteiger partial charge in [-0.05, 0) is 55.8 Å². The summed E-state index contributed by atoms with van der Waals surface area (Å²) < 4.78 is 14.0. The third kappa shape index (κ3) is 10.8. The molecule has 4 rings (SSSR count). The summed E-state index contributed by atoms with van der Waals surface area (Å²) in [6.07, 6.45) is 14.6. The van der Waals surface area contributed by atoms with E-state index in [1.165, 1.54) is 6.42 Å². The van der Waals surface area contributed by atoms with Crippen molar-refractivity contribution in [1.82, 2.24) is 0 Å². The van der Waals surface area contributed by atoms with Gasteiger partial charge in [0.05, 0.1) is 25.7 Å². The molecule has 4 aliphatic rings. The van der Waals surface area contributed by atoms with E-state index < -0.39 is 5.97 Å². The largest absolute Gasteiger partial charge is 0.481 e. The van der Waals surface area contributed by atoms with Crippen molar-refractivity contribution >= 4 is 11.8 Å². The van der Waals surface area contributed by atoms with E-state index in [0.29, 0.717) is 68.2 Å². The Hall–Kier alpha value is -1.58. The summed E-state index contributed by atoms with van der Waals surface area (Å²) in [6.45, 7) is 2.56. The third-order valence-electron chi connectivity index (χ3n) is 6.68. The molecule has 4 aliphatic carbocycles. The maximum Gasteiger partial charge on any atom is 0.307 e. The highest BCUT2D eigenvalue weighted by Gasteiger charge is 2.40. The molecule has 0 saturated heterocycles. The molecule has 8 heteroatoms. The van der Waals surface area contributed by atoms with Crippen LogP contribution in [0.4, 0.5) is 0 Å².